The molecule has 3 rings (SSSR count). The third kappa shape index (κ3) is 15.4. The van der Waals surface area contributed by atoms with Crippen LogP contribution in [0.5, 0.6) is 5.75 Å². The zero-order valence-corrected chi connectivity index (χ0v) is 27.9. The monoisotopic (exact) mass is 679 g/mol. The van der Waals surface area contributed by atoms with E-state index in [-0.39, 0.29) is 61.2 Å². The van der Waals surface area contributed by atoms with Crippen molar-refractivity contribution in [3.05, 3.63) is 35.4 Å². The van der Waals surface area contributed by atoms with Crippen LogP contribution >= 0.6 is 11.8 Å². The molecule has 2 fully saturated rings. The highest BCUT2D eigenvalue weighted by Crippen LogP contribution is 2.33. The van der Waals surface area contributed by atoms with Crippen molar-refractivity contribution in [1.29, 1.82) is 0 Å². The van der Waals surface area contributed by atoms with E-state index in [9.17, 15) is 24.3 Å². The number of hydrogen-bond donors (Lipinski definition) is 6. The van der Waals surface area contributed by atoms with Gasteiger partial charge in [0.2, 0.25) is 17.7 Å². The maximum Gasteiger partial charge on any atom is 0.315 e. The molecule has 2 heterocycles. The number of fused-ring (bicyclic) bond motifs is 1. The van der Waals surface area contributed by atoms with Crippen LogP contribution in [-0.4, -0.2) is 118 Å². The van der Waals surface area contributed by atoms with Crippen molar-refractivity contribution >= 4 is 41.6 Å². The van der Waals surface area contributed by atoms with E-state index in [0.717, 1.165) is 30.6 Å². The topological polar surface area (TPSA) is 186 Å². The summed E-state index contributed by atoms with van der Waals surface area (Å²) in [4.78, 5) is 46.8. The predicted molar refractivity (Wildman–Crippen MR) is 178 cm³/mol. The van der Waals surface area contributed by atoms with Crippen molar-refractivity contribution in [2.75, 3.05) is 72.2 Å². The zero-order chi connectivity index (χ0) is 33.7. The molecule has 0 bridgehead atoms. The van der Waals surface area contributed by atoms with Crippen molar-refractivity contribution < 1.29 is 43.2 Å². The minimum Gasteiger partial charge on any atom is -0.507 e. The Morgan fingerprint density at radius 1 is 0.915 bits per heavy atom. The summed E-state index contributed by atoms with van der Waals surface area (Å²) in [5.74, 6) is 0.555. The largest absolute Gasteiger partial charge is 0.507 e. The van der Waals surface area contributed by atoms with Gasteiger partial charge in [0.05, 0.1) is 64.9 Å². The lowest BCUT2D eigenvalue weighted by Crippen LogP contribution is -2.36. The maximum atomic E-state index is 12.0. The number of aromatic hydroxyl groups is 1. The summed E-state index contributed by atoms with van der Waals surface area (Å²) in [6.45, 7) is 3.85. The second-order valence-electron chi connectivity index (χ2n) is 11.0. The third-order valence-corrected chi connectivity index (χ3v) is 8.99. The molecule has 0 saturated carbocycles. The first-order valence-corrected chi connectivity index (χ1v) is 17.1. The van der Waals surface area contributed by atoms with Crippen LogP contribution in [0.15, 0.2) is 24.3 Å². The molecule has 0 spiro atoms. The number of hydrogen-bond acceptors (Lipinski definition) is 10. The molecule has 0 aliphatic carbocycles. The highest BCUT2D eigenvalue weighted by Gasteiger charge is 2.42. The summed E-state index contributed by atoms with van der Waals surface area (Å²) in [6.07, 6.45) is 6.32. The minimum atomic E-state index is -0.269. The summed E-state index contributed by atoms with van der Waals surface area (Å²) in [5, 5.41) is 24.6. The molecule has 1 aromatic carbocycles. The number of likely N-dealkylation sites (N-methyl/N-ethyl adjacent to an activating group) is 1. The Kier molecular flexibility index (Phi) is 18.0. The van der Waals surface area contributed by atoms with Gasteiger partial charge in [0.25, 0.3) is 0 Å². The van der Waals surface area contributed by atoms with Gasteiger partial charge >= 0.3 is 6.03 Å². The minimum absolute atomic E-state index is 0.0212. The average molecular weight is 680 g/mol. The van der Waals surface area contributed by atoms with Crippen LogP contribution in [-0.2, 0) is 39.9 Å². The van der Waals surface area contributed by atoms with E-state index in [4.69, 9.17) is 18.9 Å². The Bertz CT molecular complexity index is 1170. The van der Waals surface area contributed by atoms with Gasteiger partial charge in [0.1, 0.15) is 5.75 Å². The van der Waals surface area contributed by atoms with Crippen molar-refractivity contribution in [1.82, 2.24) is 26.6 Å². The summed E-state index contributed by atoms with van der Waals surface area (Å²) in [5.41, 5.74) is 1.24. The molecule has 1 aromatic rings. The molecular formula is C32H49N5O9S. The highest BCUT2D eigenvalue weighted by molar-refractivity contribution is 8.00. The predicted octanol–water partition coefficient (Wildman–Crippen LogP) is 1.07. The molecule has 5 amide bonds. The van der Waals surface area contributed by atoms with Gasteiger partial charge < -0.3 is 50.6 Å². The number of benzene rings is 1. The number of rotatable bonds is 24. The Hall–Kier alpha value is -3.37. The van der Waals surface area contributed by atoms with Gasteiger partial charge in [-0.05, 0) is 30.5 Å². The normalized spacial score (nSPS) is 18.5. The lowest BCUT2D eigenvalue weighted by Gasteiger charge is -2.16. The van der Waals surface area contributed by atoms with E-state index >= 15 is 0 Å². The van der Waals surface area contributed by atoms with Crippen molar-refractivity contribution in [2.24, 2.45) is 0 Å². The SMILES string of the molecule is CNC(=O)/C=C/c1ccc(CNC(=O)CCOCCOCCOCCOCCNC(=O)CCCCC2SCC3NC(=O)NC32)cc1O. The molecule has 2 aliphatic rings. The number of amides is 5. The Morgan fingerprint density at radius 2 is 1.60 bits per heavy atom. The van der Waals surface area contributed by atoms with E-state index < -0.39 is 0 Å². The highest BCUT2D eigenvalue weighted by atomic mass is 32.2. The lowest BCUT2D eigenvalue weighted by molar-refractivity contribution is -0.122. The number of carbonyl (C=O) groups excluding carboxylic acids is 4. The van der Waals surface area contributed by atoms with Gasteiger partial charge in [-0.3, -0.25) is 14.4 Å². The summed E-state index contributed by atoms with van der Waals surface area (Å²) < 4.78 is 21.9. The third-order valence-electron chi connectivity index (χ3n) is 7.48. The van der Waals surface area contributed by atoms with E-state index in [1.165, 1.54) is 19.2 Å². The standard InChI is InChI=1S/C32H49N5O9S/c1-33-28(39)9-8-24-7-6-23(20-26(24)38)21-35-30(41)10-12-43-14-16-45-18-19-46-17-15-44-13-11-34-29(40)5-3-2-4-27-31-25(22-47-27)36-32(42)37-31/h6-9,20,25,27,31,38H,2-5,10-19,21-22H2,1H3,(H,33,39)(H,34,40)(H,35,41)(H2,36,37,42)/b9-8+. The van der Waals surface area contributed by atoms with Gasteiger partial charge in [-0.15, -0.1) is 0 Å². The first-order chi connectivity index (χ1) is 22.9. The van der Waals surface area contributed by atoms with Crippen LogP contribution < -0.4 is 26.6 Å². The Morgan fingerprint density at radius 3 is 2.30 bits per heavy atom. The molecule has 15 heteroatoms. The molecule has 0 radical (unpaired) electrons. The van der Waals surface area contributed by atoms with E-state index in [1.54, 1.807) is 18.2 Å². The molecule has 14 nitrogen and oxygen atoms in total. The fourth-order valence-electron chi connectivity index (χ4n) is 4.93. The van der Waals surface area contributed by atoms with Crippen molar-refractivity contribution in [3.8, 4) is 5.75 Å². The molecule has 262 valence electrons. The Labute approximate surface area is 280 Å². The Balaban J connectivity index is 1.03. The summed E-state index contributed by atoms with van der Waals surface area (Å²) >= 11 is 1.89. The average Bonchev–Trinajstić information content (AvgIpc) is 3.62. The number of urea groups is 1. The number of nitrogens with one attached hydrogen (secondary N) is 5. The fraction of sp³-hybridized carbons (Fsp3) is 0.625. The van der Waals surface area contributed by atoms with Crippen LogP contribution in [0.1, 0.15) is 43.2 Å². The van der Waals surface area contributed by atoms with Crippen LogP contribution in [0, 0.1) is 0 Å². The van der Waals surface area contributed by atoms with Gasteiger partial charge in [-0.2, -0.15) is 11.8 Å². The second kappa shape index (κ2) is 22.2. The van der Waals surface area contributed by atoms with E-state index in [2.05, 4.69) is 26.6 Å². The van der Waals surface area contributed by atoms with Crippen LogP contribution in [0.4, 0.5) is 4.79 Å². The molecule has 6 N–H and O–H groups in total. The lowest BCUT2D eigenvalue weighted by atomic mass is 10.0. The smallest absolute Gasteiger partial charge is 0.315 e. The van der Waals surface area contributed by atoms with Crippen molar-refractivity contribution in [2.45, 2.75) is 56.0 Å². The second-order valence-corrected chi connectivity index (χ2v) is 12.3. The molecule has 0 aromatic heterocycles. The summed E-state index contributed by atoms with van der Waals surface area (Å²) in [6, 6.07) is 5.37. The molecule has 3 unspecified atom stereocenters. The number of ether oxygens (including phenoxy) is 4. The van der Waals surface area contributed by atoms with E-state index in [1.807, 2.05) is 11.8 Å². The quantitative estimate of drug-likeness (QED) is 0.0525. The molecule has 2 saturated heterocycles. The number of unbranched alkanes of at least 4 members (excludes halogenated alkanes) is 1. The van der Waals surface area contributed by atoms with Gasteiger partial charge in [0.15, 0.2) is 0 Å². The number of thioether (sulfide) groups is 1. The molecule has 2 aliphatic heterocycles. The fourth-order valence-corrected chi connectivity index (χ4v) is 6.47. The van der Waals surface area contributed by atoms with Crippen LogP contribution in [0.3, 0.4) is 0 Å². The number of phenolic OH excluding ortho intramolecular Hbond substituents is 1. The summed E-state index contributed by atoms with van der Waals surface area (Å²) in [7, 11) is 1.52. The maximum absolute atomic E-state index is 12.0. The molecular weight excluding hydrogens is 630 g/mol. The van der Waals surface area contributed by atoms with Crippen LogP contribution in [0.25, 0.3) is 6.08 Å². The van der Waals surface area contributed by atoms with Gasteiger partial charge in [-0.1, -0.05) is 18.6 Å². The van der Waals surface area contributed by atoms with Crippen LogP contribution in [0.2, 0.25) is 0 Å². The molecule has 47 heavy (non-hydrogen) atoms. The zero-order valence-electron chi connectivity index (χ0n) is 27.1. The van der Waals surface area contributed by atoms with Gasteiger partial charge in [-0.25, -0.2) is 4.79 Å². The number of carbonyl (C=O) groups is 4. The van der Waals surface area contributed by atoms with Gasteiger partial charge in [0, 0.05) is 55.6 Å². The first-order valence-electron chi connectivity index (χ1n) is 16.1. The first kappa shape index (κ1) is 38.1. The molecule has 3 atom stereocenters. The van der Waals surface area contributed by atoms with E-state index in [0.29, 0.717) is 70.0 Å². The van der Waals surface area contributed by atoms with Crippen molar-refractivity contribution in [3.63, 3.8) is 0 Å². The number of phenols is 1.